The van der Waals surface area contributed by atoms with Crippen molar-refractivity contribution in [2.45, 2.75) is 24.2 Å². The lowest BCUT2D eigenvalue weighted by molar-refractivity contribution is 0.0794. The Morgan fingerprint density at radius 2 is 2.27 bits per heavy atom. The van der Waals surface area contributed by atoms with Crippen LogP contribution < -0.4 is 0 Å². The number of aromatic amines is 1. The van der Waals surface area contributed by atoms with Gasteiger partial charge in [0.25, 0.3) is 5.91 Å². The summed E-state index contributed by atoms with van der Waals surface area (Å²) < 4.78 is 23.5. The van der Waals surface area contributed by atoms with E-state index in [-0.39, 0.29) is 16.7 Å². The molecule has 0 saturated carbocycles. The number of thiazole rings is 1. The average Bonchev–Trinajstić information content (AvgIpc) is 3.16. The van der Waals surface area contributed by atoms with E-state index >= 15 is 0 Å². The van der Waals surface area contributed by atoms with Crippen LogP contribution in [0.2, 0.25) is 0 Å². The van der Waals surface area contributed by atoms with Gasteiger partial charge in [-0.25, -0.2) is 13.4 Å². The van der Waals surface area contributed by atoms with Crippen molar-refractivity contribution >= 4 is 27.1 Å². The number of amides is 1. The van der Waals surface area contributed by atoms with Crippen molar-refractivity contribution < 1.29 is 13.2 Å². The van der Waals surface area contributed by atoms with Gasteiger partial charge in [0.1, 0.15) is 9.77 Å². The largest absolute Gasteiger partial charge is 0.337 e. The summed E-state index contributed by atoms with van der Waals surface area (Å²) in [6.45, 7) is 2.90. The quantitative estimate of drug-likeness (QED) is 0.906. The first-order valence-electron chi connectivity index (χ1n) is 6.80. The monoisotopic (exact) mass is 340 g/mol. The number of rotatable bonds is 3. The normalized spacial score (nSPS) is 18.8. The van der Waals surface area contributed by atoms with E-state index in [0.717, 1.165) is 5.69 Å². The molecule has 2 aromatic rings. The molecule has 2 aromatic heterocycles. The molecule has 9 heteroatoms. The Bertz CT molecular complexity index is 809. The van der Waals surface area contributed by atoms with Crippen LogP contribution in [0.15, 0.2) is 16.6 Å². The minimum Gasteiger partial charge on any atom is -0.337 e. The number of aromatic nitrogens is 3. The molecule has 7 nitrogen and oxygen atoms in total. The standard InChI is InChI=1S/C13H16N4O3S2/c1-8-12(21-7-14-8)13(18)17-4-3-9(6-17)11-10(5-15-16-11)22(2,19)20/h5,7,9H,3-4,6H2,1-2H3,(H,15,16)/t9-/m0/s1. The molecule has 22 heavy (non-hydrogen) atoms. The number of carbonyl (C=O) groups excluding carboxylic acids is 1. The van der Waals surface area contributed by atoms with E-state index in [4.69, 9.17) is 0 Å². The van der Waals surface area contributed by atoms with Crippen LogP contribution in [-0.2, 0) is 9.84 Å². The SMILES string of the molecule is Cc1ncsc1C(=O)N1CC[C@H](c2[nH]ncc2S(C)(=O)=O)C1. The molecule has 1 aliphatic heterocycles. The molecule has 1 saturated heterocycles. The summed E-state index contributed by atoms with van der Waals surface area (Å²) in [5.74, 6) is -0.0766. The fourth-order valence-corrected chi connectivity index (χ4v) is 4.33. The van der Waals surface area contributed by atoms with Crippen molar-refractivity contribution in [3.05, 3.63) is 28.0 Å². The molecule has 0 radical (unpaired) electrons. The molecule has 0 spiro atoms. The van der Waals surface area contributed by atoms with Crippen LogP contribution in [0.5, 0.6) is 0 Å². The van der Waals surface area contributed by atoms with E-state index in [9.17, 15) is 13.2 Å². The van der Waals surface area contributed by atoms with Crippen LogP contribution >= 0.6 is 11.3 Å². The topological polar surface area (TPSA) is 96.0 Å². The number of sulfone groups is 1. The zero-order chi connectivity index (χ0) is 15.9. The van der Waals surface area contributed by atoms with Crippen molar-refractivity contribution in [3.63, 3.8) is 0 Å². The fourth-order valence-electron chi connectivity index (χ4n) is 2.70. The van der Waals surface area contributed by atoms with Crippen molar-refractivity contribution in [3.8, 4) is 0 Å². The van der Waals surface area contributed by atoms with Crippen molar-refractivity contribution in [1.29, 1.82) is 0 Å². The first-order valence-corrected chi connectivity index (χ1v) is 9.57. The summed E-state index contributed by atoms with van der Waals surface area (Å²) in [6, 6.07) is 0. The van der Waals surface area contributed by atoms with E-state index in [2.05, 4.69) is 15.2 Å². The number of nitrogens with zero attached hydrogens (tertiary/aromatic N) is 3. The average molecular weight is 340 g/mol. The second-order valence-corrected chi connectivity index (χ2v) is 8.26. The van der Waals surface area contributed by atoms with Gasteiger partial charge in [-0.05, 0) is 13.3 Å². The van der Waals surface area contributed by atoms with Crippen LogP contribution in [-0.4, -0.2) is 53.8 Å². The van der Waals surface area contributed by atoms with E-state index in [1.807, 2.05) is 6.92 Å². The Kier molecular flexibility index (Phi) is 3.77. The lowest BCUT2D eigenvalue weighted by Crippen LogP contribution is -2.28. The van der Waals surface area contributed by atoms with Crippen LogP contribution in [0.4, 0.5) is 0 Å². The predicted molar refractivity (Wildman–Crippen MR) is 81.8 cm³/mol. The minimum atomic E-state index is -3.32. The van der Waals surface area contributed by atoms with Gasteiger partial charge in [0.05, 0.1) is 23.1 Å². The molecular formula is C13H16N4O3S2. The van der Waals surface area contributed by atoms with Crippen LogP contribution in [0.1, 0.15) is 33.4 Å². The third kappa shape index (κ3) is 2.66. The minimum absolute atomic E-state index is 0.0376. The molecule has 0 bridgehead atoms. The Balaban J connectivity index is 1.80. The number of hydrogen-bond acceptors (Lipinski definition) is 6. The molecule has 1 fully saturated rings. The zero-order valence-electron chi connectivity index (χ0n) is 12.2. The number of aryl methyl sites for hydroxylation is 1. The van der Waals surface area contributed by atoms with Crippen LogP contribution in [0, 0.1) is 6.92 Å². The Morgan fingerprint density at radius 3 is 2.91 bits per heavy atom. The highest BCUT2D eigenvalue weighted by Crippen LogP contribution is 2.31. The molecular weight excluding hydrogens is 324 g/mol. The van der Waals surface area contributed by atoms with Gasteiger partial charge >= 0.3 is 0 Å². The molecule has 3 rings (SSSR count). The highest BCUT2D eigenvalue weighted by molar-refractivity contribution is 7.90. The van der Waals surface area contributed by atoms with Crippen LogP contribution in [0.3, 0.4) is 0 Å². The summed E-state index contributed by atoms with van der Waals surface area (Å²) in [7, 11) is -3.32. The fraction of sp³-hybridized carbons (Fsp3) is 0.462. The summed E-state index contributed by atoms with van der Waals surface area (Å²) >= 11 is 1.33. The van der Waals surface area contributed by atoms with E-state index in [0.29, 0.717) is 30.1 Å². The van der Waals surface area contributed by atoms with E-state index < -0.39 is 9.84 Å². The smallest absolute Gasteiger partial charge is 0.265 e. The summed E-state index contributed by atoms with van der Waals surface area (Å²) in [4.78, 5) is 19.2. The maximum Gasteiger partial charge on any atom is 0.265 e. The first kappa shape index (κ1) is 15.2. The van der Waals surface area contributed by atoms with Gasteiger partial charge in [0.15, 0.2) is 9.84 Å². The van der Waals surface area contributed by atoms with Gasteiger partial charge in [-0.3, -0.25) is 9.89 Å². The highest BCUT2D eigenvalue weighted by Gasteiger charge is 2.33. The molecule has 1 aliphatic rings. The van der Waals surface area contributed by atoms with E-state index in [1.54, 1.807) is 10.4 Å². The second kappa shape index (κ2) is 5.47. The summed E-state index contributed by atoms with van der Waals surface area (Å²) in [5, 5.41) is 6.63. The maximum atomic E-state index is 12.5. The predicted octanol–water partition coefficient (Wildman–Crippen LogP) is 1.21. The number of likely N-dealkylation sites (tertiary alicyclic amines) is 1. The van der Waals surface area contributed by atoms with Gasteiger partial charge in [-0.2, -0.15) is 5.10 Å². The van der Waals surface area contributed by atoms with Gasteiger partial charge in [0, 0.05) is 25.3 Å². The van der Waals surface area contributed by atoms with Gasteiger partial charge in [-0.1, -0.05) is 0 Å². The summed E-state index contributed by atoms with van der Waals surface area (Å²) in [5.41, 5.74) is 2.99. The first-order chi connectivity index (χ1) is 10.4. The number of nitrogens with one attached hydrogen (secondary N) is 1. The molecule has 1 amide bonds. The Morgan fingerprint density at radius 1 is 1.50 bits per heavy atom. The molecule has 3 heterocycles. The number of H-pyrrole nitrogens is 1. The third-order valence-corrected chi connectivity index (χ3v) is 5.90. The van der Waals surface area contributed by atoms with Crippen molar-refractivity contribution in [2.24, 2.45) is 0 Å². The van der Waals surface area contributed by atoms with E-state index in [1.165, 1.54) is 23.8 Å². The van der Waals surface area contributed by atoms with Gasteiger partial charge < -0.3 is 4.90 Å². The zero-order valence-corrected chi connectivity index (χ0v) is 13.9. The summed E-state index contributed by atoms with van der Waals surface area (Å²) in [6.07, 6.45) is 3.22. The molecule has 1 N–H and O–H groups in total. The van der Waals surface area contributed by atoms with Crippen LogP contribution in [0.25, 0.3) is 0 Å². The van der Waals surface area contributed by atoms with Crippen molar-refractivity contribution in [1.82, 2.24) is 20.1 Å². The lowest BCUT2D eigenvalue weighted by atomic mass is 10.1. The Hall–Kier alpha value is -1.74. The lowest BCUT2D eigenvalue weighted by Gasteiger charge is -2.15. The number of hydrogen-bond donors (Lipinski definition) is 1. The molecule has 118 valence electrons. The third-order valence-electron chi connectivity index (χ3n) is 3.86. The molecule has 0 aromatic carbocycles. The highest BCUT2D eigenvalue weighted by atomic mass is 32.2. The molecule has 1 atom stereocenters. The maximum absolute atomic E-state index is 12.5. The second-order valence-electron chi connectivity index (χ2n) is 5.42. The number of carbonyl (C=O) groups is 1. The van der Waals surface area contributed by atoms with Crippen molar-refractivity contribution in [2.75, 3.05) is 19.3 Å². The van der Waals surface area contributed by atoms with Gasteiger partial charge in [-0.15, -0.1) is 11.3 Å². The van der Waals surface area contributed by atoms with Gasteiger partial charge in [0.2, 0.25) is 0 Å². The molecule has 0 aliphatic carbocycles. The molecule has 0 unspecified atom stereocenters. The Labute approximate surface area is 132 Å².